The summed E-state index contributed by atoms with van der Waals surface area (Å²) >= 11 is 0. The molecule has 0 bridgehead atoms. The van der Waals surface area contributed by atoms with Crippen molar-refractivity contribution in [2.24, 2.45) is 0 Å². The molecule has 2 aromatic rings. The lowest BCUT2D eigenvalue weighted by Crippen LogP contribution is -2.24. The number of hydrogen-bond acceptors (Lipinski definition) is 7. The molecule has 7 heteroatoms. The first kappa shape index (κ1) is 14.3. The van der Waals surface area contributed by atoms with E-state index < -0.39 is 0 Å². The van der Waals surface area contributed by atoms with E-state index in [4.69, 9.17) is 5.73 Å². The van der Waals surface area contributed by atoms with Crippen LogP contribution in [0.3, 0.4) is 0 Å². The van der Waals surface area contributed by atoms with Crippen molar-refractivity contribution in [1.82, 2.24) is 15.0 Å². The molecule has 0 fully saturated rings. The second-order valence-electron chi connectivity index (χ2n) is 4.66. The van der Waals surface area contributed by atoms with E-state index in [2.05, 4.69) is 27.2 Å². The quantitative estimate of drug-likeness (QED) is 0.628. The summed E-state index contributed by atoms with van der Waals surface area (Å²) in [5, 5.41) is 22.0. The lowest BCUT2D eigenvalue weighted by atomic mass is 10.1. The van der Waals surface area contributed by atoms with Gasteiger partial charge in [0, 0.05) is 6.07 Å². The molecule has 0 saturated heterocycles. The van der Waals surface area contributed by atoms with Crippen LogP contribution in [0.5, 0.6) is 5.75 Å². The Bertz CT molecular complexity index is 585. The van der Waals surface area contributed by atoms with Crippen LogP contribution in [-0.2, 0) is 0 Å². The average Bonchev–Trinajstić information content (AvgIpc) is 2.42. The van der Waals surface area contributed by atoms with Crippen LogP contribution in [0.2, 0.25) is 0 Å². The molecule has 0 amide bonds. The Hall–Kier alpha value is -2.15. The normalized spacial score (nSPS) is 12.5. The van der Waals surface area contributed by atoms with Crippen molar-refractivity contribution >= 4 is 22.8 Å². The van der Waals surface area contributed by atoms with Crippen LogP contribution in [0, 0.1) is 0 Å². The molecule has 0 aliphatic carbocycles. The van der Waals surface area contributed by atoms with E-state index in [1.165, 1.54) is 12.3 Å². The molecule has 2 rings (SSSR count). The third-order valence-corrected chi connectivity index (χ3v) is 3.01. The van der Waals surface area contributed by atoms with Gasteiger partial charge in [-0.3, -0.25) is 0 Å². The van der Waals surface area contributed by atoms with Crippen molar-refractivity contribution in [2.45, 2.75) is 32.2 Å². The van der Waals surface area contributed by atoms with Gasteiger partial charge in [-0.25, -0.2) is 9.97 Å². The lowest BCUT2D eigenvalue weighted by molar-refractivity contribution is 0.267. The maximum absolute atomic E-state index is 9.43. The molecule has 2 aromatic heterocycles. The summed E-state index contributed by atoms with van der Waals surface area (Å²) in [6, 6.07) is 1.37. The van der Waals surface area contributed by atoms with Crippen LogP contribution in [0.4, 0.5) is 11.8 Å². The number of rotatable bonds is 6. The lowest BCUT2D eigenvalue weighted by Gasteiger charge is -2.17. The van der Waals surface area contributed by atoms with E-state index >= 15 is 0 Å². The summed E-state index contributed by atoms with van der Waals surface area (Å²) in [6.45, 7) is 2.10. The van der Waals surface area contributed by atoms with Crippen molar-refractivity contribution in [3.05, 3.63) is 12.3 Å². The molecule has 108 valence electrons. The molecule has 5 N–H and O–H groups in total. The highest BCUT2D eigenvalue weighted by Crippen LogP contribution is 2.23. The Morgan fingerprint density at radius 1 is 1.40 bits per heavy atom. The Morgan fingerprint density at radius 2 is 2.20 bits per heavy atom. The molecule has 0 saturated carbocycles. The molecule has 0 aliphatic rings. The Labute approximate surface area is 116 Å². The fourth-order valence-electron chi connectivity index (χ4n) is 1.98. The predicted molar refractivity (Wildman–Crippen MR) is 77.4 cm³/mol. The van der Waals surface area contributed by atoms with Gasteiger partial charge in [-0.15, -0.1) is 0 Å². The molecule has 0 aromatic carbocycles. The van der Waals surface area contributed by atoms with Gasteiger partial charge >= 0.3 is 0 Å². The van der Waals surface area contributed by atoms with E-state index in [9.17, 15) is 10.2 Å². The smallest absolute Gasteiger partial charge is 0.222 e. The number of anilines is 2. The second-order valence-corrected chi connectivity index (χ2v) is 4.66. The number of unbranched alkanes of at least 4 members (excludes halogenated alkanes) is 1. The number of aromatic nitrogens is 3. The number of nitrogens with one attached hydrogen (secondary N) is 1. The summed E-state index contributed by atoms with van der Waals surface area (Å²) < 4.78 is 0. The van der Waals surface area contributed by atoms with Crippen LogP contribution in [0.1, 0.15) is 26.2 Å². The van der Waals surface area contributed by atoms with Gasteiger partial charge in [0.15, 0.2) is 5.82 Å². The van der Waals surface area contributed by atoms with Crippen LogP contribution in [-0.4, -0.2) is 37.8 Å². The molecule has 20 heavy (non-hydrogen) atoms. The number of nitrogen functional groups attached to an aromatic ring is 1. The average molecular weight is 277 g/mol. The fourth-order valence-corrected chi connectivity index (χ4v) is 1.98. The number of nitrogens with two attached hydrogens (primary N) is 1. The number of nitrogens with zero attached hydrogens (tertiary/aromatic N) is 3. The fraction of sp³-hybridized carbons (Fsp3) is 0.462. The summed E-state index contributed by atoms with van der Waals surface area (Å²) in [5.74, 6) is 0.591. The first-order valence-corrected chi connectivity index (χ1v) is 6.63. The van der Waals surface area contributed by atoms with Crippen molar-refractivity contribution in [2.75, 3.05) is 17.7 Å². The third-order valence-electron chi connectivity index (χ3n) is 3.01. The van der Waals surface area contributed by atoms with Gasteiger partial charge < -0.3 is 21.3 Å². The summed E-state index contributed by atoms with van der Waals surface area (Å²) in [7, 11) is 0. The van der Waals surface area contributed by atoms with Gasteiger partial charge in [-0.1, -0.05) is 19.8 Å². The van der Waals surface area contributed by atoms with Gasteiger partial charge in [0.25, 0.3) is 0 Å². The van der Waals surface area contributed by atoms with Gasteiger partial charge in [0.2, 0.25) is 5.95 Å². The SMILES string of the molecule is CCCC[C@H](CO)Nc1nc(N)nc2cc(O)cnc12. The van der Waals surface area contributed by atoms with Crippen LogP contribution < -0.4 is 11.1 Å². The highest BCUT2D eigenvalue weighted by Gasteiger charge is 2.13. The number of aliphatic hydroxyl groups excluding tert-OH is 1. The van der Waals surface area contributed by atoms with Gasteiger partial charge in [-0.2, -0.15) is 4.98 Å². The number of hydrogen-bond donors (Lipinski definition) is 4. The molecule has 2 heterocycles. The van der Waals surface area contributed by atoms with E-state index in [0.29, 0.717) is 16.9 Å². The first-order valence-electron chi connectivity index (χ1n) is 6.63. The minimum Gasteiger partial charge on any atom is -0.506 e. The summed E-state index contributed by atoms with van der Waals surface area (Å²) in [6.07, 6.45) is 4.21. The molecule has 0 unspecified atom stereocenters. The molecule has 0 spiro atoms. The molecular formula is C13H19N5O2. The van der Waals surface area contributed by atoms with E-state index in [1.54, 1.807) is 0 Å². The Kier molecular flexibility index (Phi) is 4.52. The highest BCUT2D eigenvalue weighted by atomic mass is 16.3. The van der Waals surface area contributed by atoms with Crippen LogP contribution in [0.25, 0.3) is 11.0 Å². The zero-order chi connectivity index (χ0) is 14.5. The second kappa shape index (κ2) is 6.33. The topological polar surface area (TPSA) is 117 Å². The number of aromatic hydroxyl groups is 1. The zero-order valence-corrected chi connectivity index (χ0v) is 11.4. The Morgan fingerprint density at radius 3 is 2.90 bits per heavy atom. The third kappa shape index (κ3) is 3.24. The van der Waals surface area contributed by atoms with E-state index in [-0.39, 0.29) is 24.3 Å². The van der Waals surface area contributed by atoms with E-state index in [1.807, 2.05) is 0 Å². The Balaban J connectivity index is 2.32. The standard InChI is InChI=1S/C13H19N5O2/c1-2-3-4-8(7-19)16-12-11-10(17-13(14)18-12)5-9(20)6-15-11/h5-6,8,19-20H,2-4,7H2,1H3,(H3,14,16,17,18)/t8-/m1/s1. The van der Waals surface area contributed by atoms with Crippen LogP contribution >= 0.6 is 0 Å². The number of pyridine rings is 1. The van der Waals surface area contributed by atoms with Gasteiger partial charge in [0.05, 0.1) is 18.8 Å². The molecular weight excluding hydrogens is 258 g/mol. The van der Waals surface area contributed by atoms with Gasteiger partial charge in [-0.05, 0) is 6.42 Å². The zero-order valence-electron chi connectivity index (χ0n) is 11.4. The highest BCUT2D eigenvalue weighted by molar-refractivity contribution is 5.86. The molecule has 1 atom stereocenters. The van der Waals surface area contributed by atoms with Gasteiger partial charge in [0.1, 0.15) is 16.8 Å². The van der Waals surface area contributed by atoms with E-state index in [0.717, 1.165) is 19.3 Å². The monoisotopic (exact) mass is 277 g/mol. The summed E-state index contributed by atoms with van der Waals surface area (Å²) in [4.78, 5) is 12.3. The molecule has 0 radical (unpaired) electrons. The van der Waals surface area contributed by atoms with Crippen molar-refractivity contribution in [1.29, 1.82) is 0 Å². The minimum absolute atomic E-state index is 0.00346. The number of fused-ring (bicyclic) bond motifs is 1. The predicted octanol–water partition coefficient (Wildman–Crippen LogP) is 1.28. The minimum atomic E-state index is -0.108. The molecule has 7 nitrogen and oxygen atoms in total. The van der Waals surface area contributed by atoms with Crippen LogP contribution in [0.15, 0.2) is 12.3 Å². The molecule has 0 aliphatic heterocycles. The number of aliphatic hydroxyl groups is 1. The first-order chi connectivity index (χ1) is 9.63. The maximum Gasteiger partial charge on any atom is 0.222 e. The maximum atomic E-state index is 9.43. The summed E-state index contributed by atoms with van der Waals surface area (Å²) in [5.41, 5.74) is 6.64. The van der Waals surface area contributed by atoms with Crippen molar-refractivity contribution < 1.29 is 10.2 Å². The largest absolute Gasteiger partial charge is 0.506 e. The van der Waals surface area contributed by atoms with Crippen molar-refractivity contribution in [3.63, 3.8) is 0 Å². The van der Waals surface area contributed by atoms with Crippen molar-refractivity contribution in [3.8, 4) is 5.75 Å².